The fourth-order valence-corrected chi connectivity index (χ4v) is 3.70. The number of rotatable bonds is 4. The summed E-state index contributed by atoms with van der Waals surface area (Å²) in [7, 11) is 0. The standard InChI is InChI=1S/C21H19ClN2O4/c1-14(25)28-16-6-7-19(15(12-16)13-23)24-20(26)21(8-10-27-11-9-21)17-4-2-3-5-18(17)22/h2-7,12H,8-11H2,1H3,(H,24,26). The van der Waals surface area contributed by atoms with Crippen molar-refractivity contribution in [2.24, 2.45) is 0 Å². The second-order valence-corrected chi connectivity index (χ2v) is 6.95. The molecule has 1 amide bonds. The van der Waals surface area contributed by atoms with E-state index in [4.69, 9.17) is 21.1 Å². The Morgan fingerprint density at radius 1 is 1.21 bits per heavy atom. The van der Waals surface area contributed by atoms with Gasteiger partial charge in [0.25, 0.3) is 0 Å². The zero-order valence-corrected chi connectivity index (χ0v) is 16.1. The Hall–Kier alpha value is -2.88. The molecular formula is C21H19ClN2O4. The molecule has 2 aromatic carbocycles. The SMILES string of the molecule is CC(=O)Oc1ccc(NC(=O)C2(c3ccccc3Cl)CCOCC2)c(C#N)c1. The lowest BCUT2D eigenvalue weighted by molar-refractivity contribution is -0.132. The number of halogens is 1. The summed E-state index contributed by atoms with van der Waals surface area (Å²) in [5.41, 5.74) is 0.444. The number of anilines is 1. The number of hydrogen-bond donors (Lipinski definition) is 1. The Morgan fingerprint density at radius 3 is 2.57 bits per heavy atom. The van der Waals surface area contributed by atoms with Crippen molar-refractivity contribution < 1.29 is 19.1 Å². The van der Waals surface area contributed by atoms with Gasteiger partial charge in [-0.2, -0.15) is 5.26 Å². The van der Waals surface area contributed by atoms with Gasteiger partial charge in [-0.3, -0.25) is 9.59 Å². The van der Waals surface area contributed by atoms with Crippen molar-refractivity contribution in [1.82, 2.24) is 0 Å². The molecule has 3 rings (SSSR count). The quantitative estimate of drug-likeness (QED) is 0.624. The minimum Gasteiger partial charge on any atom is -0.427 e. The summed E-state index contributed by atoms with van der Waals surface area (Å²) in [5, 5.41) is 12.8. The molecule has 1 aliphatic rings. The molecule has 0 aromatic heterocycles. The highest BCUT2D eigenvalue weighted by molar-refractivity contribution is 6.31. The first-order chi connectivity index (χ1) is 13.5. The smallest absolute Gasteiger partial charge is 0.308 e. The van der Waals surface area contributed by atoms with Crippen LogP contribution < -0.4 is 10.1 Å². The molecule has 0 spiro atoms. The highest BCUT2D eigenvalue weighted by Gasteiger charge is 2.43. The fraction of sp³-hybridized carbons (Fsp3) is 0.286. The van der Waals surface area contributed by atoms with Crippen molar-refractivity contribution in [1.29, 1.82) is 5.26 Å². The van der Waals surface area contributed by atoms with Crippen LogP contribution in [0.4, 0.5) is 5.69 Å². The number of nitriles is 1. The van der Waals surface area contributed by atoms with E-state index in [1.54, 1.807) is 12.1 Å². The minimum atomic E-state index is -0.849. The molecule has 2 aromatic rings. The van der Waals surface area contributed by atoms with Crippen LogP contribution >= 0.6 is 11.6 Å². The normalized spacial score (nSPS) is 15.3. The minimum absolute atomic E-state index is 0.202. The Morgan fingerprint density at radius 2 is 1.93 bits per heavy atom. The molecule has 0 atom stereocenters. The molecule has 28 heavy (non-hydrogen) atoms. The van der Waals surface area contributed by atoms with E-state index in [1.165, 1.54) is 19.1 Å². The van der Waals surface area contributed by atoms with E-state index in [0.717, 1.165) is 5.56 Å². The van der Waals surface area contributed by atoms with Crippen molar-refractivity contribution in [2.45, 2.75) is 25.2 Å². The second kappa shape index (κ2) is 8.42. The van der Waals surface area contributed by atoms with Crippen LogP contribution in [0, 0.1) is 11.3 Å². The van der Waals surface area contributed by atoms with Crippen LogP contribution in [-0.2, 0) is 19.7 Å². The lowest BCUT2D eigenvalue weighted by Gasteiger charge is -2.36. The second-order valence-electron chi connectivity index (χ2n) is 6.54. The number of esters is 1. The van der Waals surface area contributed by atoms with E-state index < -0.39 is 11.4 Å². The molecule has 144 valence electrons. The molecule has 1 fully saturated rings. The summed E-state index contributed by atoms with van der Waals surface area (Å²) in [4.78, 5) is 24.5. The molecule has 7 heteroatoms. The van der Waals surface area contributed by atoms with Gasteiger partial charge in [0.05, 0.1) is 16.7 Å². The van der Waals surface area contributed by atoms with Crippen LogP contribution in [0.2, 0.25) is 5.02 Å². The van der Waals surface area contributed by atoms with Gasteiger partial charge in [0.1, 0.15) is 11.8 Å². The van der Waals surface area contributed by atoms with Crippen LogP contribution in [0.15, 0.2) is 42.5 Å². The van der Waals surface area contributed by atoms with E-state index in [0.29, 0.717) is 36.8 Å². The third-order valence-corrected chi connectivity index (χ3v) is 5.12. The maximum Gasteiger partial charge on any atom is 0.308 e. The summed E-state index contributed by atoms with van der Waals surface area (Å²) < 4.78 is 10.5. The molecule has 0 radical (unpaired) electrons. The topological polar surface area (TPSA) is 88.4 Å². The molecule has 1 heterocycles. The predicted molar refractivity (Wildman–Crippen MR) is 104 cm³/mol. The zero-order chi connectivity index (χ0) is 20.1. The van der Waals surface area contributed by atoms with Gasteiger partial charge in [-0.05, 0) is 36.6 Å². The van der Waals surface area contributed by atoms with Crippen LogP contribution in [0.3, 0.4) is 0 Å². The van der Waals surface area contributed by atoms with Gasteiger partial charge in [-0.15, -0.1) is 0 Å². The van der Waals surface area contributed by atoms with Crippen molar-refractivity contribution in [3.63, 3.8) is 0 Å². The first kappa shape index (κ1) is 19.9. The summed E-state index contributed by atoms with van der Waals surface area (Å²) in [6.07, 6.45) is 0.964. The van der Waals surface area contributed by atoms with Crippen LogP contribution in [0.5, 0.6) is 5.75 Å². The number of ether oxygens (including phenoxy) is 2. The van der Waals surface area contributed by atoms with E-state index in [9.17, 15) is 14.9 Å². The highest BCUT2D eigenvalue weighted by atomic mass is 35.5. The predicted octanol–water partition coefficient (Wildman–Crippen LogP) is 3.82. The van der Waals surface area contributed by atoms with Gasteiger partial charge < -0.3 is 14.8 Å². The lowest BCUT2D eigenvalue weighted by Crippen LogP contribution is -2.45. The van der Waals surface area contributed by atoms with Crippen molar-refractivity contribution in [3.05, 3.63) is 58.6 Å². The largest absolute Gasteiger partial charge is 0.427 e. The maximum atomic E-state index is 13.4. The van der Waals surface area contributed by atoms with Crippen LogP contribution in [-0.4, -0.2) is 25.1 Å². The van der Waals surface area contributed by atoms with E-state index in [2.05, 4.69) is 5.32 Å². The monoisotopic (exact) mass is 398 g/mol. The number of benzene rings is 2. The molecular weight excluding hydrogens is 380 g/mol. The average Bonchev–Trinajstić information content (AvgIpc) is 2.69. The van der Waals surface area contributed by atoms with Gasteiger partial charge in [-0.1, -0.05) is 29.8 Å². The third kappa shape index (κ3) is 4.01. The van der Waals surface area contributed by atoms with Crippen LogP contribution in [0.1, 0.15) is 30.9 Å². The summed E-state index contributed by atoms with van der Waals surface area (Å²) in [6, 6.07) is 13.8. The van der Waals surface area contributed by atoms with Gasteiger partial charge in [-0.25, -0.2) is 0 Å². The first-order valence-electron chi connectivity index (χ1n) is 8.83. The number of carbonyl (C=O) groups is 2. The van der Waals surface area contributed by atoms with Gasteiger partial charge >= 0.3 is 5.97 Å². The van der Waals surface area contributed by atoms with E-state index >= 15 is 0 Å². The van der Waals surface area contributed by atoms with Crippen molar-refractivity contribution in [2.75, 3.05) is 18.5 Å². The molecule has 1 N–H and O–H groups in total. The number of amides is 1. The van der Waals surface area contributed by atoms with Gasteiger partial charge in [0.2, 0.25) is 5.91 Å². The molecule has 1 saturated heterocycles. The first-order valence-corrected chi connectivity index (χ1v) is 9.21. The summed E-state index contributed by atoms with van der Waals surface area (Å²) >= 11 is 6.40. The van der Waals surface area contributed by atoms with E-state index in [1.807, 2.05) is 24.3 Å². The summed E-state index contributed by atoms with van der Waals surface area (Å²) in [5.74, 6) is -0.491. The molecule has 0 saturated carbocycles. The molecule has 0 bridgehead atoms. The van der Waals surface area contributed by atoms with Crippen molar-refractivity contribution >= 4 is 29.2 Å². The fourth-order valence-electron chi connectivity index (χ4n) is 3.38. The molecule has 0 aliphatic carbocycles. The number of hydrogen-bond acceptors (Lipinski definition) is 5. The van der Waals surface area contributed by atoms with E-state index in [-0.39, 0.29) is 17.2 Å². The molecule has 0 unspecified atom stereocenters. The molecule has 6 nitrogen and oxygen atoms in total. The highest BCUT2D eigenvalue weighted by Crippen LogP contribution is 2.40. The Labute approximate surface area is 168 Å². The Kier molecular flexibility index (Phi) is 5.98. The maximum absolute atomic E-state index is 13.4. The third-order valence-electron chi connectivity index (χ3n) is 4.79. The number of nitrogens with one attached hydrogen (secondary N) is 1. The zero-order valence-electron chi connectivity index (χ0n) is 15.3. The van der Waals surface area contributed by atoms with Gasteiger partial charge in [0.15, 0.2) is 0 Å². The Bertz CT molecular complexity index is 946. The lowest BCUT2D eigenvalue weighted by atomic mass is 9.73. The molecule has 1 aliphatic heterocycles. The summed E-state index contributed by atoms with van der Waals surface area (Å²) in [6.45, 7) is 2.16. The van der Waals surface area contributed by atoms with Crippen LogP contribution in [0.25, 0.3) is 0 Å². The van der Waals surface area contributed by atoms with Gasteiger partial charge in [0, 0.05) is 31.2 Å². The van der Waals surface area contributed by atoms with Crippen molar-refractivity contribution in [3.8, 4) is 11.8 Å². The average molecular weight is 399 g/mol. The number of nitrogens with zero attached hydrogens (tertiary/aromatic N) is 1. The number of carbonyl (C=O) groups excluding carboxylic acids is 2. The Balaban J connectivity index is 1.94.